The van der Waals surface area contributed by atoms with Crippen LogP contribution in [0.2, 0.25) is 5.02 Å². The second-order valence-electron chi connectivity index (χ2n) is 4.87. The van der Waals surface area contributed by atoms with Crippen molar-refractivity contribution in [3.8, 4) is 0 Å². The van der Waals surface area contributed by atoms with Crippen molar-refractivity contribution in [2.45, 2.75) is 19.6 Å². The predicted molar refractivity (Wildman–Crippen MR) is 78.7 cm³/mol. The fourth-order valence-electron chi connectivity index (χ4n) is 2.39. The van der Waals surface area contributed by atoms with Gasteiger partial charge >= 0.3 is 0 Å². The molecule has 0 saturated carbocycles. The van der Waals surface area contributed by atoms with E-state index in [1.165, 1.54) is 11.1 Å². The zero-order valence-corrected chi connectivity index (χ0v) is 11.6. The Morgan fingerprint density at radius 1 is 1.21 bits per heavy atom. The van der Waals surface area contributed by atoms with E-state index in [0.717, 1.165) is 16.3 Å². The molecule has 2 aromatic rings. The van der Waals surface area contributed by atoms with Gasteiger partial charge in [0, 0.05) is 10.7 Å². The van der Waals surface area contributed by atoms with Gasteiger partial charge in [-0.3, -0.25) is 0 Å². The van der Waals surface area contributed by atoms with Crippen molar-refractivity contribution >= 4 is 17.3 Å². The number of anilines is 1. The monoisotopic (exact) mass is 273 g/mol. The van der Waals surface area contributed by atoms with Crippen molar-refractivity contribution in [3.63, 3.8) is 0 Å². The highest BCUT2D eigenvalue weighted by Crippen LogP contribution is 2.29. The molecular formula is C16H16ClNO. The van der Waals surface area contributed by atoms with Crippen LogP contribution in [0.3, 0.4) is 0 Å². The smallest absolute Gasteiger partial charge is 0.0751 e. The third-order valence-corrected chi connectivity index (χ3v) is 3.89. The molecule has 1 heterocycles. The molecule has 0 aliphatic carbocycles. The van der Waals surface area contributed by atoms with E-state index in [0.29, 0.717) is 13.2 Å². The standard InChI is InChI=1S/C16H16ClNO/c1-11-6-7-13(8-15(11)17)18-16-10-19-9-12-4-2-3-5-14(12)16/h2-8,16,18H,9-10H2,1H3. The summed E-state index contributed by atoms with van der Waals surface area (Å²) in [6, 6.07) is 14.6. The van der Waals surface area contributed by atoms with Crippen molar-refractivity contribution < 1.29 is 4.74 Å². The second-order valence-corrected chi connectivity index (χ2v) is 5.28. The van der Waals surface area contributed by atoms with Crippen LogP contribution >= 0.6 is 11.6 Å². The first-order chi connectivity index (χ1) is 9.24. The van der Waals surface area contributed by atoms with Crippen molar-refractivity contribution in [2.75, 3.05) is 11.9 Å². The molecule has 0 spiro atoms. The lowest BCUT2D eigenvalue weighted by Gasteiger charge is -2.27. The lowest BCUT2D eigenvalue weighted by atomic mass is 9.99. The van der Waals surface area contributed by atoms with Gasteiger partial charge in [-0.05, 0) is 35.7 Å². The Morgan fingerprint density at radius 2 is 2.05 bits per heavy atom. The summed E-state index contributed by atoms with van der Waals surface area (Å²) in [7, 11) is 0. The highest BCUT2D eigenvalue weighted by molar-refractivity contribution is 6.31. The van der Waals surface area contributed by atoms with Gasteiger partial charge in [0.15, 0.2) is 0 Å². The first-order valence-corrected chi connectivity index (χ1v) is 6.80. The van der Waals surface area contributed by atoms with Crippen LogP contribution in [0.4, 0.5) is 5.69 Å². The molecule has 1 aliphatic rings. The maximum atomic E-state index is 6.16. The SMILES string of the molecule is Cc1ccc(NC2COCc3ccccc32)cc1Cl. The molecule has 0 saturated heterocycles. The Balaban J connectivity index is 1.86. The number of fused-ring (bicyclic) bond motifs is 1. The van der Waals surface area contributed by atoms with Crippen molar-refractivity contribution in [3.05, 3.63) is 64.2 Å². The van der Waals surface area contributed by atoms with Gasteiger partial charge in [-0.1, -0.05) is 41.9 Å². The van der Waals surface area contributed by atoms with Gasteiger partial charge in [0.05, 0.1) is 19.3 Å². The second kappa shape index (κ2) is 5.24. The number of nitrogens with one attached hydrogen (secondary N) is 1. The summed E-state index contributed by atoms with van der Waals surface area (Å²) >= 11 is 6.16. The van der Waals surface area contributed by atoms with Gasteiger partial charge < -0.3 is 10.1 Å². The zero-order chi connectivity index (χ0) is 13.2. The van der Waals surface area contributed by atoms with E-state index in [1.54, 1.807) is 0 Å². The first kappa shape index (κ1) is 12.5. The summed E-state index contributed by atoms with van der Waals surface area (Å²) in [6.07, 6.45) is 0. The number of benzene rings is 2. The van der Waals surface area contributed by atoms with Gasteiger partial charge in [0.2, 0.25) is 0 Å². The van der Waals surface area contributed by atoms with E-state index in [1.807, 2.05) is 25.1 Å². The van der Waals surface area contributed by atoms with Gasteiger partial charge in [-0.15, -0.1) is 0 Å². The van der Waals surface area contributed by atoms with Crippen molar-refractivity contribution in [1.29, 1.82) is 0 Å². The number of halogens is 1. The highest BCUT2D eigenvalue weighted by atomic mass is 35.5. The molecule has 1 aliphatic heterocycles. The molecule has 0 aromatic heterocycles. The molecule has 0 fully saturated rings. The van der Waals surface area contributed by atoms with Gasteiger partial charge in [0.1, 0.15) is 0 Å². The van der Waals surface area contributed by atoms with Gasteiger partial charge in [-0.2, -0.15) is 0 Å². The van der Waals surface area contributed by atoms with E-state index in [4.69, 9.17) is 16.3 Å². The van der Waals surface area contributed by atoms with E-state index in [9.17, 15) is 0 Å². The average molecular weight is 274 g/mol. The molecule has 98 valence electrons. The van der Waals surface area contributed by atoms with E-state index in [-0.39, 0.29) is 6.04 Å². The molecule has 2 nitrogen and oxygen atoms in total. The minimum absolute atomic E-state index is 0.184. The molecule has 19 heavy (non-hydrogen) atoms. The van der Waals surface area contributed by atoms with Crippen LogP contribution < -0.4 is 5.32 Å². The number of aryl methyl sites for hydroxylation is 1. The summed E-state index contributed by atoms with van der Waals surface area (Å²) in [5, 5.41) is 4.28. The van der Waals surface area contributed by atoms with Crippen LogP contribution in [-0.2, 0) is 11.3 Å². The predicted octanol–water partition coefficient (Wildman–Crippen LogP) is 4.33. The Morgan fingerprint density at radius 3 is 2.89 bits per heavy atom. The molecule has 1 N–H and O–H groups in total. The third-order valence-electron chi connectivity index (χ3n) is 3.49. The minimum Gasteiger partial charge on any atom is -0.376 e. The zero-order valence-electron chi connectivity index (χ0n) is 10.8. The Kier molecular flexibility index (Phi) is 3.45. The van der Waals surface area contributed by atoms with Crippen LogP contribution in [0, 0.1) is 6.92 Å². The molecule has 1 atom stereocenters. The largest absolute Gasteiger partial charge is 0.376 e. The fourth-order valence-corrected chi connectivity index (χ4v) is 2.57. The van der Waals surface area contributed by atoms with Gasteiger partial charge in [0.25, 0.3) is 0 Å². The average Bonchev–Trinajstić information content (AvgIpc) is 2.43. The van der Waals surface area contributed by atoms with E-state index < -0.39 is 0 Å². The van der Waals surface area contributed by atoms with Crippen molar-refractivity contribution in [2.24, 2.45) is 0 Å². The summed E-state index contributed by atoms with van der Waals surface area (Å²) in [5.74, 6) is 0. The number of hydrogen-bond acceptors (Lipinski definition) is 2. The number of ether oxygens (including phenoxy) is 1. The Labute approximate surface area is 118 Å². The molecule has 3 heteroatoms. The summed E-state index contributed by atoms with van der Waals surface area (Å²) in [6.45, 7) is 3.39. The van der Waals surface area contributed by atoms with Crippen LogP contribution in [0.25, 0.3) is 0 Å². The normalized spacial score (nSPS) is 17.9. The fraction of sp³-hybridized carbons (Fsp3) is 0.250. The van der Waals surface area contributed by atoms with Crippen LogP contribution in [0.15, 0.2) is 42.5 Å². The van der Waals surface area contributed by atoms with Crippen LogP contribution in [0.1, 0.15) is 22.7 Å². The van der Waals surface area contributed by atoms with Crippen LogP contribution in [0.5, 0.6) is 0 Å². The summed E-state index contributed by atoms with van der Waals surface area (Å²) in [5.41, 5.74) is 4.68. The van der Waals surface area contributed by atoms with Crippen LogP contribution in [-0.4, -0.2) is 6.61 Å². The summed E-state index contributed by atoms with van der Waals surface area (Å²) in [4.78, 5) is 0. The Hall–Kier alpha value is -1.51. The van der Waals surface area contributed by atoms with Crippen molar-refractivity contribution in [1.82, 2.24) is 0 Å². The lowest BCUT2D eigenvalue weighted by molar-refractivity contribution is 0.0970. The third kappa shape index (κ3) is 2.60. The first-order valence-electron chi connectivity index (χ1n) is 6.42. The summed E-state index contributed by atoms with van der Waals surface area (Å²) < 4.78 is 5.64. The maximum Gasteiger partial charge on any atom is 0.0751 e. The molecule has 0 amide bonds. The molecule has 2 aromatic carbocycles. The topological polar surface area (TPSA) is 21.3 Å². The molecule has 3 rings (SSSR count). The number of rotatable bonds is 2. The number of hydrogen-bond donors (Lipinski definition) is 1. The molecule has 1 unspecified atom stereocenters. The quantitative estimate of drug-likeness (QED) is 0.879. The van der Waals surface area contributed by atoms with E-state index >= 15 is 0 Å². The Bertz CT molecular complexity index is 597. The van der Waals surface area contributed by atoms with Gasteiger partial charge in [-0.25, -0.2) is 0 Å². The maximum absolute atomic E-state index is 6.16. The molecular weight excluding hydrogens is 258 g/mol. The molecule has 0 bridgehead atoms. The minimum atomic E-state index is 0.184. The lowest BCUT2D eigenvalue weighted by Crippen LogP contribution is -2.23. The van der Waals surface area contributed by atoms with E-state index in [2.05, 4.69) is 29.6 Å². The highest BCUT2D eigenvalue weighted by Gasteiger charge is 2.20. The molecule has 0 radical (unpaired) electrons.